The van der Waals surface area contributed by atoms with Crippen molar-refractivity contribution in [3.8, 4) is 0 Å². The molecule has 0 saturated carbocycles. The van der Waals surface area contributed by atoms with Crippen LogP contribution in [0, 0.1) is 0 Å². The normalized spacial score (nSPS) is 14.6. The van der Waals surface area contributed by atoms with Crippen molar-refractivity contribution in [1.82, 2.24) is 9.78 Å². The summed E-state index contributed by atoms with van der Waals surface area (Å²) in [6, 6.07) is 0.838. The first-order valence-corrected chi connectivity index (χ1v) is 3.61. The zero-order valence-corrected chi connectivity index (χ0v) is 7.13. The van der Waals surface area contributed by atoms with Crippen LogP contribution >= 0.6 is 0 Å². The van der Waals surface area contributed by atoms with Crippen molar-refractivity contribution in [2.75, 3.05) is 0 Å². The number of aliphatic hydroxyl groups excluding tert-OH is 1. The van der Waals surface area contributed by atoms with E-state index < -0.39 is 18.0 Å². The van der Waals surface area contributed by atoms with E-state index >= 15 is 0 Å². The molecule has 3 nitrogen and oxygen atoms in total. The van der Waals surface area contributed by atoms with Crippen LogP contribution in [0.15, 0.2) is 6.07 Å². The zero-order valence-electron chi connectivity index (χ0n) is 7.13. The maximum atomic E-state index is 12.1. The van der Waals surface area contributed by atoms with E-state index in [0.29, 0.717) is 0 Å². The van der Waals surface area contributed by atoms with Gasteiger partial charge in [0.15, 0.2) is 5.69 Å². The van der Waals surface area contributed by atoms with E-state index in [-0.39, 0.29) is 5.69 Å². The molecule has 0 aromatic carbocycles. The van der Waals surface area contributed by atoms with Crippen LogP contribution in [0.25, 0.3) is 0 Å². The Balaban J connectivity index is 3.10. The second kappa shape index (κ2) is 3.02. The molecule has 1 heterocycles. The van der Waals surface area contributed by atoms with Crippen molar-refractivity contribution in [2.45, 2.75) is 19.2 Å². The molecule has 0 bridgehead atoms. The smallest absolute Gasteiger partial charge is 0.387 e. The van der Waals surface area contributed by atoms with E-state index in [4.69, 9.17) is 5.11 Å². The number of aromatic nitrogens is 2. The molecular formula is C7H9F3N2O. The molecule has 1 rings (SSSR count). The monoisotopic (exact) mass is 194 g/mol. The highest BCUT2D eigenvalue weighted by molar-refractivity contribution is 5.14. The van der Waals surface area contributed by atoms with Crippen LogP contribution < -0.4 is 0 Å². The van der Waals surface area contributed by atoms with Crippen molar-refractivity contribution in [3.05, 3.63) is 17.5 Å². The minimum absolute atomic E-state index is 0.146. The van der Waals surface area contributed by atoms with E-state index in [1.54, 1.807) is 0 Å². The fourth-order valence-electron chi connectivity index (χ4n) is 1.01. The predicted molar refractivity (Wildman–Crippen MR) is 38.8 cm³/mol. The second-order valence-corrected chi connectivity index (χ2v) is 2.75. The van der Waals surface area contributed by atoms with Crippen molar-refractivity contribution in [3.63, 3.8) is 0 Å². The van der Waals surface area contributed by atoms with Gasteiger partial charge in [-0.1, -0.05) is 0 Å². The molecule has 0 saturated heterocycles. The highest BCUT2D eigenvalue weighted by Crippen LogP contribution is 2.29. The van der Waals surface area contributed by atoms with Gasteiger partial charge in [-0.25, -0.2) is 0 Å². The van der Waals surface area contributed by atoms with Crippen molar-refractivity contribution >= 4 is 0 Å². The summed E-state index contributed by atoms with van der Waals surface area (Å²) < 4.78 is 37.3. The molecule has 0 spiro atoms. The number of hydrogen-bond donors (Lipinski definition) is 1. The Kier molecular flexibility index (Phi) is 2.34. The van der Waals surface area contributed by atoms with Gasteiger partial charge in [-0.05, 0) is 13.0 Å². The SMILES string of the molecule is C[C@H](O)c1cc(C(F)(F)F)nn1C. The Hall–Kier alpha value is -1.04. The highest BCUT2D eigenvalue weighted by Gasteiger charge is 2.34. The van der Waals surface area contributed by atoms with Gasteiger partial charge in [0.05, 0.1) is 11.8 Å². The summed E-state index contributed by atoms with van der Waals surface area (Å²) in [5, 5.41) is 12.3. The molecule has 0 aliphatic heterocycles. The molecule has 74 valence electrons. The number of aryl methyl sites for hydroxylation is 1. The average Bonchev–Trinajstić information content (AvgIpc) is 2.29. The highest BCUT2D eigenvalue weighted by atomic mass is 19.4. The van der Waals surface area contributed by atoms with Gasteiger partial charge in [0, 0.05) is 7.05 Å². The fourth-order valence-corrected chi connectivity index (χ4v) is 1.01. The van der Waals surface area contributed by atoms with Gasteiger partial charge in [-0.2, -0.15) is 18.3 Å². The Morgan fingerprint density at radius 3 is 2.31 bits per heavy atom. The van der Waals surface area contributed by atoms with Crippen LogP contribution in [0.5, 0.6) is 0 Å². The number of alkyl halides is 3. The Morgan fingerprint density at radius 1 is 1.54 bits per heavy atom. The summed E-state index contributed by atoms with van der Waals surface area (Å²) in [6.45, 7) is 1.39. The third kappa shape index (κ3) is 2.00. The summed E-state index contributed by atoms with van der Waals surface area (Å²) in [4.78, 5) is 0. The van der Waals surface area contributed by atoms with Gasteiger partial charge in [0.2, 0.25) is 0 Å². The Morgan fingerprint density at radius 2 is 2.08 bits per heavy atom. The van der Waals surface area contributed by atoms with Crippen LogP contribution in [-0.4, -0.2) is 14.9 Å². The molecule has 1 aromatic rings. The summed E-state index contributed by atoms with van der Waals surface area (Å²) in [5.74, 6) is 0. The molecule has 1 N–H and O–H groups in total. The third-order valence-electron chi connectivity index (χ3n) is 1.63. The van der Waals surface area contributed by atoms with Gasteiger partial charge in [-0.15, -0.1) is 0 Å². The lowest BCUT2D eigenvalue weighted by molar-refractivity contribution is -0.141. The number of hydrogen-bond acceptors (Lipinski definition) is 2. The van der Waals surface area contributed by atoms with E-state index in [2.05, 4.69) is 5.10 Å². The first-order chi connectivity index (χ1) is 5.82. The zero-order chi connectivity index (χ0) is 10.2. The van der Waals surface area contributed by atoms with E-state index in [9.17, 15) is 13.2 Å². The van der Waals surface area contributed by atoms with E-state index in [1.165, 1.54) is 14.0 Å². The number of aliphatic hydroxyl groups is 1. The maximum Gasteiger partial charge on any atom is 0.435 e. The lowest BCUT2D eigenvalue weighted by Crippen LogP contribution is -2.06. The van der Waals surface area contributed by atoms with Crippen LogP contribution in [0.1, 0.15) is 24.4 Å². The largest absolute Gasteiger partial charge is 0.435 e. The van der Waals surface area contributed by atoms with Gasteiger partial charge in [0.1, 0.15) is 0 Å². The lowest BCUT2D eigenvalue weighted by Gasteiger charge is -2.02. The fraction of sp³-hybridized carbons (Fsp3) is 0.571. The molecule has 6 heteroatoms. The second-order valence-electron chi connectivity index (χ2n) is 2.75. The average molecular weight is 194 g/mol. The molecular weight excluding hydrogens is 185 g/mol. The molecule has 1 atom stereocenters. The van der Waals surface area contributed by atoms with Crippen LogP contribution in [0.4, 0.5) is 13.2 Å². The van der Waals surface area contributed by atoms with Gasteiger partial charge in [-0.3, -0.25) is 4.68 Å². The van der Waals surface area contributed by atoms with Crippen molar-refractivity contribution < 1.29 is 18.3 Å². The molecule has 0 radical (unpaired) electrons. The molecule has 0 aliphatic carbocycles. The van der Waals surface area contributed by atoms with Crippen molar-refractivity contribution in [2.24, 2.45) is 7.05 Å². The lowest BCUT2D eigenvalue weighted by atomic mass is 10.2. The maximum absolute atomic E-state index is 12.1. The standard InChI is InChI=1S/C7H9F3N2O/c1-4(13)5-3-6(7(8,9)10)11-12(5)2/h3-4,13H,1-2H3/t4-/m0/s1. The summed E-state index contributed by atoms with van der Waals surface area (Å²) in [6.07, 6.45) is -5.40. The van der Waals surface area contributed by atoms with Gasteiger partial charge < -0.3 is 5.11 Å². The molecule has 0 unspecified atom stereocenters. The summed E-state index contributed by atoms with van der Waals surface area (Å²) >= 11 is 0. The van der Waals surface area contributed by atoms with Gasteiger partial charge >= 0.3 is 6.18 Å². The van der Waals surface area contributed by atoms with Gasteiger partial charge in [0.25, 0.3) is 0 Å². The Labute approximate surface area is 72.8 Å². The first-order valence-electron chi connectivity index (χ1n) is 3.61. The van der Waals surface area contributed by atoms with Crippen LogP contribution in [-0.2, 0) is 13.2 Å². The minimum Gasteiger partial charge on any atom is -0.387 e. The predicted octanol–water partition coefficient (Wildman–Crippen LogP) is 1.49. The molecule has 0 fully saturated rings. The van der Waals surface area contributed by atoms with E-state index in [1.807, 2.05) is 0 Å². The third-order valence-corrected chi connectivity index (χ3v) is 1.63. The van der Waals surface area contributed by atoms with Crippen molar-refractivity contribution in [1.29, 1.82) is 0 Å². The number of rotatable bonds is 1. The minimum atomic E-state index is -4.45. The summed E-state index contributed by atoms with van der Waals surface area (Å²) in [7, 11) is 1.36. The Bertz CT molecular complexity index is 303. The quantitative estimate of drug-likeness (QED) is 0.735. The number of nitrogens with zero attached hydrogens (tertiary/aromatic N) is 2. The molecule has 0 amide bonds. The van der Waals surface area contributed by atoms with Crippen LogP contribution in [0.2, 0.25) is 0 Å². The first kappa shape index (κ1) is 10.0. The number of halogens is 3. The van der Waals surface area contributed by atoms with E-state index in [0.717, 1.165) is 10.7 Å². The summed E-state index contributed by atoms with van der Waals surface area (Å²) in [5.41, 5.74) is -0.835. The van der Waals surface area contributed by atoms with Crippen LogP contribution in [0.3, 0.4) is 0 Å². The topological polar surface area (TPSA) is 38.1 Å². The molecule has 13 heavy (non-hydrogen) atoms. The molecule has 1 aromatic heterocycles. The molecule has 0 aliphatic rings.